The normalized spacial score (nSPS) is 20.2. The minimum Gasteiger partial charge on any atom is -0.467 e. The number of hydrogen-bond acceptors (Lipinski definition) is 3. The van der Waals surface area contributed by atoms with Gasteiger partial charge in [-0.1, -0.05) is 28.1 Å². The number of urea groups is 1. The number of nitrogens with one attached hydrogen (secondary N) is 1. The van der Waals surface area contributed by atoms with Gasteiger partial charge in [0.05, 0.1) is 36.7 Å². The number of likely N-dealkylation sites (N-methyl/N-ethyl adjacent to an activating group) is 1. The zero-order chi connectivity index (χ0) is 17.6. The smallest absolute Gasteiger partial charge is 0.322 e. The van der Waals surface area contributed by atoms with Gasteiger partial charge in [0.1, 0.15) is 5.76 Å². The third-order valence-corrected chi connectivity index (χ3v) is 5.09. The molecule has 3 heterocycles. The molecule has 0 spiro atoms. The summed E-state index contributed by atoms with van der Waals surface area (Å²) in [4.78, 5) is 28.6. The molecule has 0 bridgehead atoms. The van der Waals surface area contributed by atoms with Crippen molar-refractivity contribution >= 4 is 27.9 Å². The van der Waals surface area contributed by atoms with Crippen LogP contribution < -0.4 is 5.32 Å². The summed E-state index contributed by atoms with van der Waals surface area (Å²) in [5.74, 6) is 0.640. The average Bonchev–Trinajstić information content (AvgIpc) is 3.22. The molecule has 7 heteroatoms. The molecule has 128 valence electrons. The van der Waals surface area contributed by atoms with Gasteiger partial charge in [-0.3, -0.25) is 9.69 Å². The highest BCUT2D eigenvalue weighted by Gasteiger charge is 2.42. The minimum absolute atomic E-state index is 0.0776. The van der Waals surface area contributed by atoms with Crippen LogP contribution in [0.3, 0.4) is 0 Å². The Morgan fingerprint density at radius 1 is 1.24 bits per heavy atom. The van der Waals surface area contributed by atoms with E-state index < -0.39 is 6.04 Å². The van der Waals surface area contributed by atoms with Gasteiger partial charge in [0.25, 0.3) is 5.91 Å². The van der Waals surface area contributed by atoms with E-state index in [0.717, 1.165) is 21.5 Å². The van der Waals surface area contributed by atoms with E-state index in [1.54, 1.807) is 24.3 Å². The average molecular weight is 402 g/mol. The van der Waals surface area contributed by atoms with Crippen molar-refractivity contribution in [2.75, 3.05) is 13.6 Å². The van der Waals surface area contributed by atoms with E-state index in [1.165, 1.54) is 4.90 Å². The van der Waals surface area contributed by atoms with Crippen LogP contribution in [0.4, 0.5) is 4.79 Å². The highest BCUT2D eigenvalue weighted by Crippen LogP contribution is 2.36. The molecule has 4 rings (SSSR count). The Morgan fingerprint density at radius 3 is 2.68 bits per heavy atom. The van der Waals surface area contributed by atoms with Crippen molar-refractivity contribution < 1.29 is 14.0 Å². The van der Waals surface area contributed by atoms with Crippen LogP contribution >= 0.6 is 15.9 Å². The van der Waals surface area contributed by atoms with Crippen molar-refractivity contribution in [3.8, 4) is 0 Å². The van der Waals surface area contributed by atoms with Crippen molar-refractivity contribution in [3.63, 3.8) is 0 Å². The van der Waals surface area contributed by atoms with Gasteiger partial charge in [0.2, 0.25) is 0 Å². The molecule has 2 aliphatic heterocycles. The zero-order valence-corrected chi connectivity index (χ0v) is 15.1. The monoisotopic (exact) mass is 401 g/mol. The molecule has 1 N–H and O–H groups in total. The van der Waals surface area contributed by atoms with Gasteiger partial charge in [0.15, 0.2) is 0 Å². The third kappa shape index (κ3) is 2.74. The van der Waals surface area contributed by atoms with Crippen molar-refractivity contribution in [1.29, 1.82) is 0 Å². The number of rotatable bonds is 3. The quantitative estimate of drug-likeness (QED) is 0.859. The molecule has 0 radical (unpaired) electrons. The number of carbonyl (C=O) groups is 2. The van der Waals surface area contributed by atoms with E-state index in [-0.39, 0.29) is 11.9 Å². The topological polar surface area (TPSA) is 65.8 Å². The molecule has 0 saturated carbocycles. The molecule has 6 nitrogen and oxygen atoms in total. The maximum absolute atomic E-state index is 13.0. The minimum atomic E-state index is -0.444. The molecular weight excluding hydrogens is 386 g/mol. The van der Waals surface area contributed by atoms with Gasteiger partial charge in [-0.25, -0.2) is 4.79 Å². The van der Waals surface area contributed by atoms with Crippen LogP contribution in [-0.4, -0.2) is 35.3 Å². The first-order valence-electron chi connectivity index (χ1n) is 7.89. The van der Waals surface area contributed by atoms with Gasteiger partial charge in [-0.05, 0) is 29.8 Å². The number of benzene rings is 1. The number of nitrogens with zero attached hydrogens (tertiary/aromatic N) is 2. The Kier molecular flexibility index (Phi) is 3.88. The van der Waals surface area contributed by atoms with Crippen molar-refractivity contribution in [2.45, 2.75) is 12.6 Å². The third-order valence-electron chi connectivity index (χ3n) is 4.57. The molecule has 2 aromatic rings. The van der Waals surface area contributed by atoms with Gasteiger partial charge >= 0.3 is 6.03 Å². The number of carbonyl (C=O) groups excluding carboxylic acids is 2. The van der Waals surface area contributed by atoms with Crippen LogP contribution in [0.2, 0.25) is 0 Å². The van der Waals surface area contributed by atoms with E-state index in [9.17, 15) is 9.59 Å². The predicted molar refractivity (Wildman–Crippen MR) is 94.3 cm³/mol. The highest BCUT2D eigenvalue weighted by atomic mass is 79.9. The Balaban J connectivity index is 1.69. The second-order valence-electron chi connectivity index (χ2n) is 6.09. The Hall–Kier alpha value is -2.54. The number of hydrogen-bond donors (Lipinski definition) is 1. The fourth-order valence-electron chi connectivity index (χ4n) is 3.25. The zero-order valence-electron chi connectivity index (χ0n) is 13.5. The van der Waals surface area contributed by atoms with Crippen LogP contribution in [0, 0.1) is 0 Å². The number of amides is 3. The van der Waals surface area contributed by atoms with E-state index in [0.29, 0.717) is 18.7 Å². The lowest BCUT2D eigenvalue weighted by molar-refractivity contribution is -0.126. The summed E-state index contributed by atoms with van der Waals surface area (Å²) in [7, 11) is 1.69. The molecule has 0 saturated heterocycles. The van der Waals surface area contributed by atoms with Crippen LogP contribution in [0.1, 0.15) is 17.4 Å². The molecule has 1 atom stereocenters. The second-order valence-corrected chi connectivity index (χ2v) is 7.01. The fraction of sp³-hybridized carbons (Fsp3) is 0.222. The maximum Gasteiger partial charge on any atom is 0.322 e. The Bertz CT molecular complexity index is 858. The molecule has 25 heavy (non-hydrogen) atoms. The van der Waals surface area contributed by atoms with E-state index >= 15 is 0 Å². The van der Waals surface area contributed by atoms with Crippen LogP contribution in [-0.2, 0) is 11.3 Å². The molecule has 1 aromatic carbocycles. The SMILES string of the molecule is CN1C(=O)N[C@H](c2ccc(Br)cc2)C2=C1CN(Cc1ccco1)C2=O. The van der Waals surface area contributed by atoms with E-state index in [2.05, 4.69) is 21.2 Å². The first kappa shape index (κ1) is 16.0. The summed E-state index contributed by atoms with van der Waals surface area (Å²) in [6, 6.07) is 10.6. The standard InChI is InChI=1S/C18H16BrN3O3/c1-21-14-10-22(9-13-3-2-8-25-13)17(23)15(14)16(20-18(21)24)11-4-6-12(19)7-5-11/h2-8,16H,9-10H2,1H3,(H,20,24)/t16-/m1/s1. The summed E-state index contributed by atoms with van der Waals surface area (Å²) in [6.07, 6.45) is 1.59. The maximum atomic E-state index is 13.0. The lowest BCUT2D eigenvalue weighted by Gasteiger charge is -2.31. The van der Waals surface area contributed by atoms with Crippen molar-refractivity contribution in [1.82, 2.24) is 15.1 Å². The van der Waals surface area contributed by atoms with Gasteiger partial charge in [0, 0.05) is 11.5 Å². The lowest BCUT2D eigenvalue weighted by atomic mass is 9.96. The Morgan fingerprint density at radius 2 is 2.00 bits per heavy atom. The summed E-state index contributed by atoms with van der Waals surface area (Å²) in [6.45, 7) is 0.778. The van der Waals surface area contributed by atoms with Gasteiger partial charge < -0.3 is 14.6 Å². The molecular formula is C18H16BrN3O3. The second kappa shape index (κ2) is 6.07. The Labute approximate surface area is 153 Å². The number of furan rings is 1. The first-order chi connectivity index (χ1) is 12.0. The molecule has 3 amide bonds. The van der Waals surface area contributed by atoms with Crippen LogP contribution in [0.15, 0.2) is 62.8 Å². The molecule has 0 unspecified atom stereocenters. The van der Waals surface area contributed by atoms with Gasteiger partial charge in [-0.2, -0.15) is 0 Å². The van der Waals surface area contributed by atoms with Crippen LogP contribution in [0.25, 0.3) is 0 Å². The summed E-state index contributed by atoms with van der Waals surface area (Å²) < 4.78 is 6.30. The van der Waals surface area contributed by atoms with E-state index in [4.69, 9.17) is 4.42 Å². The van der Waals surface area contributed by atoms with Crippen molar-refractivity contribution in [3.05, 3.63) is 69.7 Å². The predicted octanol–water partition coefficient (Wildman–Crippen LogP) is 3.03. The van der Waals surface area contributed by atoms with Gasteiger partial charge in [-0.15, -0.1) is 0 Å². The summed E-state index contributed by atoms with van der Waals surface area (Å²) >= 11 is 3.41. The largest absolute Gasteiger partial charge is 0.467 e. The highest BCUT2D eigenvalue weighted by molar-refractivity contribution is 9.10. The van der Waals surface area contributed by atoms with E-state index in [1.807, 2.05) is 30.3 Å². The summed E-state index contributed by atoms with van der Waals surface area (Å²) in [5.41, 5.74) is 2.24. The van der Waals surface area contributed by atoms with Crippen LogP contribution in [0.5, 0.6) is 0 Å². The van der Waals surface area contributed by atoms with Crippen molar-refractivity contribution in [2.24, 2.45) is 0 Å². The fourth-order valence-corrected chi connectivity index (χ4v) is 3.51. The number of halogens is 1. The first-order valence-corrected chi connectivity index (χ1v) is 8.68. The molecule has 0 fully saturated rings. The molecule has 0 aliphatic carbocycles. The molecule has 2 aliphatic rings. The summed E-state index contributed by atoms with van der Waals surface area (Å²) in [5, 5.41) is 2.93. The lowest BCUT2D eigenvalue weighted by Crippen LogP contribution is -2.45. The molecule has 1 aromatic heterocycles.